The lowest BCUT2D eigenvalue weighted by molar-refractivity contribution is -0.151. The van der Waals surface area contributed by atoms with Crippen molar-refractivity contribution in [3.63, 3.8) is 0 Å². The van der Waals surface area contributed by atoms with E-state index in [1.165, 1.54) is 0 Å². The van der Waals surface area contributed by atoms with Gasteiger partial charge in [-0.05, 0) is 68.1 Å². The van der Waals surface area contributed by atoms with E-state index < -0.39 is 26.3 Å². The van der Waals surface area contributed by atoms with Crippen molar-refractivity contribution in [3.8, 4) is 5.75 Å². The molecule has 1 aliphatic heterocycles. The molecule has 0 aliphatic carbocycles. The van der Waals surface area contributed by atoms with E-state index in [1.54, 1.807) is 13.2 Å². The molecular weight excluding hydrogens is 621 g/mol. The van der Waals surface area contributed by atoms with Crippen molar-refractivity contribution >= 4 is 14.3 Å². The summed E-state index contributed by atoms with van der Waals surface area (Å²) in [5, 5.41) is -0.0287. The van der Waals surface area contributed by atoms with Crippen molar-refractivity contribution in [2.45, 2.75) is 116 Å². The Morgan fingerprint density at radius 2 is 1.75 bits per heavy atom. The van der Waals surface area contributed by atoms with E-state index in [0.717, 1.165) is 22.4 Å². The van der Waals surface area contributed by atoms with Gasteiger partial charge in [-0.15, -0.1) is 13.2 Å². The second-order valence-corrected chi connectivity index (χ2v) is 19.3. The highest BCUT2D eigenvalue weighted by atomic mass is 28.4. The summed E-state index contributed by atoms with van der Waals surface area (Å²) < 4.78 is 37.0. The molecule has 3 rings (SSSR count). The van der Waals surface area contributed by atoms with Crippen molar-refractivity contribution in [2.75, 3.05) is 13.7 Å². The van der Waals surface area contributed by atoms with E-state index in [-0.39, 0.29) is 35.6 Å². The van der Waals surface area contributed by atoms with Crippen LogP contribution >= 0.6 is 0 Å². The number of carbonyl (C=O) groups excluding carboxylic acids is 1. The predicted molar refractivity (Wildman–Crippen MR) is 195 cm³/mol. The van der Waals surface area contributed by atoms with E-state index in [2.05, 4.69) is 53.9 Å². The number of hydrogen-bond donors (Lipinski definition) is 0. The summed E-state index contributed by atoms with van der Waals surface area (Å²) in [5.74, 6) is 0.417. The van der Waals surface area contributed by atoms with Crippen LogP contribution in [0.25, 0.3) is 0 Å². The van der Waals surface area contributed by atoms with Gasteiger partial charge in [0.15, 0.2) is 14.6 Å². The maximum absolute atomic E-state index is 13.7. The molecule has 7 nitrogen and oxygen atoms in total. The minimum absolute atomic E-state index is 0.0287. The molecule has 48 heavy (non-hydrogen) atoms. The topological polar surface area (TPSA) is 72.5 Å². The van der Waals surface area contributed by atoms with Crippen LogP contribution in [-0.4, -0.2) is 51.9 Å². The zero-order chi connectivity index (χ0) is 35.5. The van der Waals surface area contributed by atoms with Gasteiger partial charge in [0, 0.05) is 11.5 Å². The van der Waals surface area contributed by atoms with E-state index >= 15 is 0 Å². The van der Waals surface area contributed by atoms with Crippen LogP contribution in [0.2, 0.25) is 18.1 Å². The van der Waals surface area contributed by atoms with Gasteiger partial charge in [0.2, 0.25) is 0 Å². The molecule has 1 fully saturated rings. The van der Waals surface area contributed by atoms with Gasteiger partial charge in [0.25, 0.3) is 0 Å². The Morgan fingerprint density at radius 1 is 1.08 bits per heavy atom. The van der Waals surface area contributed by atoms with Gasteiger partial charge in [-0.2, -0.15) is 0 Å². The first-order valence-corrected chi connectivity index (χ1v) is 19.9. The first kappa shape index (κ1) is 39.4. The summed E-state index contributed by atoms with van der Waals surface area (Å²) >= 11 is 0. The van der Waals surface area contributed by atoms with Crippen molar-refractivity contribution in [1.82, 2.24) is 0 Å². The maximum Gasteiger partial charge on any atom is 0.308 e. The number of carbonyl (C=O) groups is 1. The van der Waals surface area contributed by atoms with Crippen molar-refractivity contribution in [1.29, 1.82) is 0 Å². The lowest BCUT2D eigenvalue weighted by atomic mass is 9.91. The predicted octanol–water partition coefficient (Wildman–Crippen LogP) is 9.51. The summed E-state index contributed by atoms with van der Waals surface area (Å²) in [7, 11) is -0.577. The Bertz CT molecular complexity index is 1350. The summed E-state index contributed by atoms with van der Waals surface area (Å²) in [5.41, 5.74) is 2.29. The molecule has 1 heterocycles. The number of ether oxygens (including phenoxy) is 5. The molecule has 2 aromatic rings. The van der Waals surface area contributed by atoms with E-state index in [0.29, 0.717) is 26.1 Å². The second kappa shape index (κ2) is 17.6. The third-order valence-corrected chi connectivity index (χ3v) is 14.2. The van der Waals surface area contributed by atoms with Crippen LogP contribution in [0.1, 0.15) is 78.2 Å². The van der Waals surface area contributed by atoms with Crippen LogP contribution in [-0.2, 0) is 34.8 Å². The lowest BCUT2D eigenvalue weighted by Gasteiger charge is -2.40. The number of methoxy groups -OCH3 is 1. The molecule has 264 valence electrons. The molecule has 0 spiro atoms. The average molecular weight is 679 g/mol. The fourth-order valence-electron chi connectivity index (χ4n) is 5.44. The van der Waals surface area contributed by atoms with Crippen LogP contribution in [0.5, 0.6) is 5.75 Å². The third kappa shape index (κ3) is 11.0. The van der Waals surface area contributed by atoms with Crippen LogP contribution < -0.4 is 4.74 Å². The molecular formula is C40H58O7Si. The molecule has 0 amide bonds. The molecule has 8 heteroatoms. The van der Waals surface area contributed by atoms with E-state index in [1.807, 2.05) is 80.6 Å². The van der Waals surface area contributed by atoms with Gasteiger partial charge in [0.1, 0.15) is 18.0 Å². The van der Waals surface area contributed by atoms with Crippen LogP contribution in [0, 0.1) is 5.92 Å². The van der Waals surface area contributed by atoms with Gasteiger partial charge in [0.05, 0.1) is 38.4 Å². The number of benzene rings is 2. The molecule has 1 unspecified atom stereocenters. The molecule has 0 aromatic heterocycles. The fourth-order valence-corrected chi connectivity index (χ4v) is 6.83. The summed E-state index contributed by atoms with van der Waals surface area (Å²) in [4.78, 5) is 13.7. The molecule has 2 aromatic carbocycles. The minimum atomic E-state index is -2.22. The number of esters is 1. The highest BCUT2D eigenvalue weighted by Gasteiger charge is 2.46. The Labute approximate surface area is 290 Å². The Hall–Kier alpha value is -3.01. The first-order chi connectivity index (χ1) is 22.6. The third-order valence-electron chi connectivity index (χ3n) is 9.67. The summed E-state index contributed by atoms with van der Waals surface area (Å²) in [6.07, 6.45) is 5.34. The van der Waals surface area contributed by atoms with E-state index in [4.69, 9.17) is 28.1 Å². The van der Waals surface area contributed by atoms with Crippen molar-refractivity contribution in [2.24, 2.45) is 5.92 Å². The van der Waals surface area contributed by atoms with Crippen LogP contribution in [0.4, 0.5) is 0 Å². The molecule has 0 saturated carbocycles. The highest BCUT2D eigenvalue weighted by Crippen LogP contribution is 2.43. The molecule has 0 radical (unpaired) electrons. The summed E-state index contributed by atoms with van der Waals surface area (Å²) in [6, 6.07) is 17.7. The molecule has 0 N–H and O–H groups in total. The Balaban J connectivity index is 1.70. The monoisotopic (exact) mass is 678 g/mol. The van der Waals surface area contributed by atoms with Gasteiger partial charge in [-0.25, -0.2) is 0 Å². The number of hydrogen-bond acceptors (Lipinski definition) is 7. The standard InChI is InChI=1S/C40H58O7Si/c1-12-29(3)37(30(4)24-26-43-28-31-19-21-33(42-9)22-20-31)45-36(41)27-34(47-48(10,11)39(5,6)7)23-25-40(8)35(13-2)44-38(46-40)32-17-15-14-16-18-32/h12-22,24,29,34-35,37-38H,1-2,23,25-28H2,3-11H3/b30-24+/t29-,34?,35-,37-,38+,40+/m0/s1. The second-order valence-electron chi connectivity index (χ2n) is 14.5. The first-order valence-electron chi connectivity index (χ1n) is 17.0. The summed E-state index contributed by atoms with van der Waals surface area (Å²) in [6.45, 7) is 25.9. The average Bonchev–Trinajstić information content (AvgIpc) is 3.40. The fraction of sp³-hybridized carbons (Fsp3) is 0.525. The quantitative estimate of drug-likeness (QED) is 0.0673. The van der Waals surface area contributed by atoms with Gasteiger partial charge < -0.3 is 28.1 Å². The smallest absolute Gasteiger partial charge is 0.308 e. The molecule has 6 atom stereocenters. The molecule has 0 bridgehead atoms. The Morgan fingerprint density at radius 3 is 2.33 bits per heavy atom. The van der Waals surface area contributed by atoms with E-state index in [9.17, 15) is 4.79 Å². The zero-order valence-electron chi connectivity index (χ0n) is 30.6. The normalized spacial score (nSPS) is 22.1. The highest BCUT2D eigenvalue weighted by molar-refractivity contribution is 6.74. The van der Waals surface area contributed by atoms with Crippen LogP contribution in [0.15, 0.2) is 91.6 Å². The lowest BCUT2D eigenvalue weighted by Crippen LogP contribution is -2.45. The molecule has 1 saturated heterocycles. The van der Waals surface area contributed by atoms with Crippen LogP contribution in [0.3, 0.4) is 0 Å². The van der Waals surface area contributed by atoms with Gasteiger partial charge >= 0.3 is 5.97 Å². The zero-order valence-corrected chi connectivity index (χ0v) is 31.6. The largest absolute Gasteiger partial charge is 0.497 e. The Kier molecular flexibility index (Phi) is 14.4. The van der Waals surface area contributed by atoms with Crippen molar-refractivity contribution < 1.29 is 32.9 Å². The molecule has 1 aliphatic rings. The van der Waals surface area contributed by atoms with Crippen molar-refractivity contribution in [3.05, 3.63) is 103 Å². The maximum atomic E-state index is 13.7. The number of rotatable bonds is 18. The minimum Gasteiger partial charge on any atom is -0.497 e. The van der Waals surface area contributed by atoms with Gasteiger partial charge in [-0.3, -0.25) is 4.79 Å². The van der Waals surface area contributed by atoms with Gasteiger partial charge in [-0.1, -0.05) is 88.4 Å². The SMILES string of the molecule is C=C[C@@H]1O[C@@H](c2ccccc2)O[C@]1(C)CCC(CC(=O)O[C@H](/C(C)=C/COCc1ccc(OC)cc1)[C@@H](C)C=C)O[Si](C)(C)C(C)(C)C.